The number of allylic oxidation sites excluding steroid dienone is 3. The van der Waals surface area contributed by atoms with Crippen LogP contribution >= 0.6 is 0 Å². The maximum absolute atomic E-state index is 14.4. The quantitative estimate of drug-likeness (QED) is 0.0262. The van der Waals surface area contributed by atoms with Crippen molar-refractivity contribution in [2.24, 2.45) is 28.4 Å². The Balaban J connectivity index is 1.02. The number of hydrogen-bond acceptors (Lipinski definition) is 12. The Hall–Kier alpha value is -9.05. The summed E-state index contributed by atoms with van der Waals surface area (Å²) in [5.41, 5.74) is 12.4. The van der Waals surface area contributed by atoms with E-state index in [0.717, 1.165) is 44.7 Å². The first-order chi connectivity index (χ1) is 43.3. The number of ether oxygens (including phenoxy) is 1. The average molecular weight is 1270 g/mol. The maximum atomic E-state index is 14.4. The molecule has 0 spiro atoms. The highest BCUT2D eigenvalue weighted by Crippen LogP contribution is 2.45. The van der Waals surface area contributed by atoms with Crippen molar-refractivity contribution in [2.75, 3.05) is 44.4 Å². The Morgan fingerprint density at radius 1 is 0.815 bits per heavy atom. The third-order valence-corrected chi connectivity index (χ3v) is 17.2. The van der Waals surface area contributed by atoms with Crippen molar-refractivity contribution in [1.29, 1.82) is 0 Å². The second-order valence-corrected chi connectivity index (χ2v) is 26.4. The normalized spacial score (nSPS) is 16.5. The van der Waals surface area contributed by atoms with Crippen LogP contribution in [0.5, 0.6) is 0 Å². The molecular formula is C70H95N11O11. The molecule has 0 fully saturated rings. The number of carbonyl (C=O) groups excluding carboxylic acids is 8. The number of carbonyl (C=O) groups is 9. The molecule has 22 heteroatoms. The molecule has 22 nitrogen and oxygen atoms in total. The lowest BCUT2D eigenvalue weighted by Gasteiger charge is -2.40. The fourth-order valence-corrected chi connectivity index (χ4v) is 11.9. The second-order valence-electron chi connectivity index (χ2n) is 26.4. The van der Waals surface area contributed by atoms with Crippen molar-refractivity contribution in [3.05, 3.63) is 148 Å². The Kier molecular flexibility index (Phi) is 24.9. The smallest absolute Gasteiger partial charge is 0.407 e. The molecule has 92 heavy (non-hydrogen) atoms. The Bertz CT molecular complexity index is 3380. The minimum Gasteiger partial charge on any atom is -0.478 e. The van der Waals surface area contributed by atoms with Crippen molar-refractivity contribution >= 4 is 70.5 Å². The summed E-state index contributed by atoms with van der Waals surface area (Å²) < 4.78 is 5.58. The highest BCUT2D eigenvalue weighted by molar-refractivity contribution is 6.00. The van der Waals surface area contributed by atoms with E-state index in [9.17, 15) is 48.3 Å². The number of benzene rings is 3. The van der Waals surface area contributed by atoms with Crippen LogP contribution in [0.3, 0.4) is 0 Å². The molecule has 0 aromatic heterocycles. The number of rotatable bonds is 27. The van der Waals surface area contributed by atoms with Gasteiger partial charge in [0.25, 0.3) is 0 Å². The van der Waals surface area contributed by atoms with E-state index in [-0.39, 0.29) is 80.6 Å². The molecule has 6 atom stereocenters. The average Bonchev–Trinajstić information content (AvgIpc) is 1.55. The fraction of sp³-hybridized carbons (Fsp3) is 0.471. The Labute approximate surface area is 541 Å². The van der Waals surface area contributed by atoms with E-state index in [4.69, 9.17) is 10.5 Å². The van der Waals surface area contributed by atoms with Crippen LogP contribution in [-0.4, -0.2) is 139 Å². The zero-order chi connectivity index (χ0) is 67.9. The van der Waals surface area contributed by atoms with Crippen LogP contribution in [0, 0.1) is 22.7 Å². The summed E-state index contributed by atoms with van der Waals surface area (Å²) in [7, 11) is 5.31. The van der Waals surface area contributed by atoms with Gasteiger partial charge in [0.15, 0.2) is 0 Å². The minimum atomic E-state index is -1.11. The molecule has 0 radical (unpaired) electrons. The Morgan fingerprint density at radius 3 is 2.11 bits per heavy atom. The number of anilines is 2. The van der Waals surface area contributed by atoms with E-state index in [0.29, 0.717) is 30.6 Å². The first-order valence-electron chi connectivity index (χ1n) is 31.4. The van der Waals surface area contributed by atoms with Crippen LogP contribution in [0.4, 0.5) is 21.0 Å². The number of urea groups is 1. The number of nitrogens with two attached hydrogens (primary N) is 1. The van der Waals surface area contributed by atoms with Gasteiger partial charge in [-0.3, -0.25) is 28.8 Å². The number of fused-ring (bicyclic) bond motifs is 3. The number of alkyl carbamates (subject to hydrolysis) is 1. The van der Waals surface area contributed by atoms with E-state index in [2.05, 4.69) is 48.7 Å². The zero-order valence-corrected chi connectivity index (χ0v) is 55.6. The summed E-state index contributed by atoms with van der Waals surface area (Å²) in [4.78, 5) is 126. The monoisotopic (exact) mass is 1270 g/mol. The van der Waals surface area contributed by atoms with Gasteiger partial charge in [-0.05, 0) is 120 Å². The lowest BCUT2D eigenvalue weighted by atomic mass is 9.72. The molecule has 3 aromatic rings. The van der Waals surface area contributed by atoms with Gasteiger partial charge >= 0.3 is 18.1 Å². The molecule has 0 bridgehead atoms. The van der Waals surface area contributed by atoms with Crippen LogP contribution in [0.15, 0.2) is 126 Å². The molecule has 0 saturated heterocycles. The molecular weight excluding hydrogens is 1170 g/mol. The number of para-hydroxylation sites is 1. The number of nitrogens with one attached hydrogen (secondary N) is 7. The van der Waals surface area contributed by atoms with Gasteiger partial charge in [0.2, 0.25) is 35.4 Å². The standard InChI is InChI=1S/C70H95N11O11/c1-41(2)55(35-44(6)66(88)89)80(14)65(87)61(69(7,8)9)78-64(86)60(72-12)70(10,11)52-39-79(13)56-36-46(27-30-51(52)56)37-74-68(91)92-40-45-25-28-49(29-26-45)75-62(84)53(23-19-33-73-67(71)90)76-63(85)59(42(3)4)77-57(82)31-32-58(83)81-38-48-21-15-17-22-50(48)43(5)34-47-20-16-18-24-54(47)81/h15-18,20-22,24-30,35,39,41-42,53,55-56,59-61,72H,5,19,23,31-34,36-38,40H2,1-4,6-14H3,(H,74,91)(H,75,84)(H,76,85)(H,77,82)(H,78,86)(H,88,89)(H3,71,73,90)/b44-35+/t53-,55+,56?,59-,60?,61+/m0/s1. The van der Waals surface area contributed by atoms with Crippen molar-refractivity contribution < 1.29 is 53.0 Å². The number of carboxylic acids is 1. The lowest BCUT2D eigenvalue weighted by molar-refractivity contribution is -0.141. The fourth-order valence-electron chi connectivity index (χ4n) is 11.9. The largest absolute Gasteiger partial charge is 0.478 e. The van der Waals surface area contributed by atoms with Crippen LogP contribution in [-0.2, 0) is 57.9 Å². The van der Waals surface area contributed by atoms with Crippen molar-refractivity contribution in [1.82, 2.24) is 41.7 Å². The van der Waals surface area contributed by atoms with Gasteiger partial charge in [-0.25, -0.2) is 14.4 Å². The number of primary amides is 1. The number of amides is 9. The number of hydrogen-bond donors (Lipinski definition) is 9. The van der Waals surface area contributed by atoms with Crippen LogP contribution in [0.25, 0.3) is 5.57 Å². The third-order valence-electron chi connectivity index (χ3n) is 17.2. The van der Waals surface area contributed by atoms with Crippen LogP contribution < -0.4 is 47.9 Å². The molecule has 2 unspecified atom stereocenters. The maximum Gasteiger partial charge on any atom is 0.407 e. The molecule has 9 amide bonds. The molecule has 1 aliphatic carbocycles. The van der Waals surface area contributed by atoms with Crippen molar-refractivity contribution in [2.45, 2.75) is 157 Å². The topological polar surface area (TPSA) is 303 Å². The van der Waals surface area contributed by atoms with Gasteiger partial charge in [-0.1, -0.05) is 142 Å². The summed E-state index contributed by atoms with van der Waals surface area (Å²) >= 11 is 0. The first-order valence-corrected chi connectivity index (χ1v) is 31.4. The Morgan fingerprint density at radius 2 is 1.48 bits per heavy atom. The van der Waals surface area contributed by atoms with Crippen LogP contribution in [0.2, 0.25) is 0 Å². The molecule has 496 valence electrons. The highest BCUT2D eigenvalue weighted by atomic mass is 16.5. The van der Waals surface area contributed by atoms with Gasteiger partial charge in [-0.2, -0.15) is 0 Å². The molecule has 3 aliphatic rings. The molecule has 0 saturated carbocycles. The number of likely N-dealkylation sites (N-methyl/N-ethyl adjacent to an activating group) is 3. The van der Waals surface area contributed by atoms with Gasteiger partial charge in [0.1, 0.15) is 24.7 Å². The third kappa shape index (κ3) is 18.8. The van der Waals surface area contributed by atoms with Gasteiger partial charge in [0.05, 0.1) is 24.7 Å². The van der Waals surface area contributed by atoms with Crippen LogP contribution in [0.1, 0.15) is 124 Å². The minimum absolute atomic E-state index is 0.0824. The molecule has 2 aliphatic heterocycles. The van der Waals surface area contributed by atoms with Crippen molar-refractivity contribution in [3.63, 3.8) is 0 Å². The number of carboxylic acid groups (broad SMARTS) is 1. The number of aliphatic carboxylic acids is 1. The molecule has 6 rings (SSSR count). The molecule has 10 N–H and O–H groups in total. The van der Waals surface area contributed by atoms with Gasteiger partial charge < -0.3 is 67.5 Å². The SMILES string of the molecule is C=C1Cc2ccccc2N(C(=O)CCC(=O)N[C@H](C(=O)N[C@@H](CCCNC(N)=O)C(=O)Nc2ccc(COC(=O)NCC3=CC=C4C(C(C)(C)C(NC)C(=O)N[C@H](C(=O)N(C)[C@H](/C=C(\C)C(=O)O)C(C)C)C(C)(C)C)=CN(C)C4C3)cc2)C(C)C)Cc2ccccc21. The summed E-state index contributed by atoms with van der Waals surface area (Å²) in [5, 5.41) is 29.6. The second kappa shape index (κ2) is 31.8. The highest BCUT2D eigenvalue weighted by Gasteiger charge is 2.46. The summed E-state index contributed by atoms with van der Waals surface area (Å²) in [6, 6.07) is 16.8. The zero-order valence-electron chi connectivity index (χ0n) is 55.6. The predicted molar refractivity (Wildman–Crippen MR) is 356 cm³/mol. The van der Waals surface area contributed by atoms with E-state index in [1.54, 1.807) is 63.2 Å². The first kappa shape index (κ1) is 72.0. The summed E-state index contributed by atoms with van der Waals surface area (Å²) in [5.74, 6) is -4.25. The van der Waals surface area contributed by atoms with Gasteiger partial charge in [-0.15, -0.1) is 0 Å². The lowest BCUT2D eigenvalue weighted by Crippen LogP contribution is -2.61. The van der Waals surface area contributed by atoms with E-state index < -0.39 is 82.8 Å². The van der Waals surface area contributed by atoms with E-state index in [1.165, 1.54) is 11.8 Å². The number of nitrogens with zero attached hydrogens (tertiary/aromatic N) is 3. The van der Waals surface area contributed by atoms with E-state index in [1.807, 2.05) is 122 Å². The van der Waals surface area contributed by atoms with Crippen molar-refractivity contribution in [3.8, 4) is 0 Å². The predicted octanol–water partition coefficient (Wildman–Crippen LogP) is 7.62. The van der Waals surface area contributed by atoms with Gasteiger partial charge in [0, 0.05) is 68.6 Å². The summed E-state index contributed by atoms with van der Waals surface area (Å²) in [6.07, 6.45) is 8.11. The van der Waals surface area contributed by atoms with E-state index >= 15 is 0 Å². The summed E-state index contributed by atoms with van der Waals surface area (Å²) in [6.45, 7) is 23.3. The molecule has 2 heterocycles. The molecule has 3 aromatic carbocycles.